The Morgan fingerprint density at radius 2 is 2.21 bits per heavy atom. The first kappa shape index (κ1) is 8.94. The molecule has 1 saturated heterocycles. The minimum atomic E-state index is -0.792. The number of carboxylic acids is 1. The van der Waals surface area contributed by atoms with E-state index in [0.717, 1.165) is 6.42 Å². The maximum atomic E-state index is 11.6. The molecule has 2 N–H and O–H groups in total. The number of aliphatic carboxylic acids is 1. The first-order valence-corrected chi connectivity index (χ1v) is 6.03. The molecule has 2 bridgehead atoms. The molecule has 1 heterocycles. The summed E-state index contributed by atoms with van der Waals surface area (Å²) in [6, 6.07) is 0.244. The maximum absolute atomic E-state index is 11.6. The van der Waals surface area contributed by atoms with Gasteiger partial charge in [-0.15, -0.1) is 0 Å². The molecule has 3 fully saturated rings. The molecule has 0 aromatic rings. The lowest BCUT2D eigenvalue weighted by atomic mass is 9.80. The van der Waals surface area contributed by atoms with Crippen LogP contribution in [0.5, 0.6) is 0 Å². The van der Waals surface area contributed by atoms with Crippen LogP contribution in [0.3, 0.4) is 0 Å². The van der Waals surface area contributed by atoms with Crippen LogP contribution in [0, 0.1) is 23.7 Å². The summed E-state index contributed by atoms with van der Waals surface area (Å²) in [4.78, 5) is 22.7. The molecule has 1 aliphatic heterocycles. The molecule has 0 aromatic heterocycles. The van der Waals surface area contributed by atoms with Gasteiger partial charge in [0.15, 0.2) is 0 Å². The molecule has 1 amide bonds. The van der Waals surface area contributed by atoms with Gasteiger partial charge in [0.1, 0.15) is 0 Å². The maximum Gasteiger partial charge on any atom is 0.307 e. The van der Waals surface area contributed by atoms with E-state index in [1.165, 1.54) is 0 Å². The number of fused-ring (bicyclic) bond motifs is 1. The number of carbonyl (C=O) groups excluding carboxylic acids is 1. The summed E-state index contributed by atoms with van der Waals surface area (Å²) in [6.45, 7) is 0. The van der Waals surface area contributed by atoms with Gasteiger partial charge in [0.2, 0.25) is 5.91 Å². The number of hydrogen-bond donors (Lipinski definition) is 2. The van der Waals surface area contributed by atoms with Crippen molar-refractivity contribution < 1.29 is 14.7 Å². The zero-order valence-corrected chi connectivity index (χ0v) is 9.47. The molecule has 76 valence electrons. The van der Waals surface area contributed by atoms with E-state index in [0.29, 0.717) is 3.92 Å². The van der Waals surface area contributed by atoms with Crippen molar-refractivity contribution in [1.29, 1.82) is 0 Å². The first-order chi connectivity index (χ1) is 6.61. The van der Waals surface area contributed by atoms with E-state index in [2.05, 4.69) is 27.9 Å². The SMILES string of the molecule is O=C1NC2C(I)[C@@H]3C[C@@H]2C1[C@H]3C(=O)O. The van der Waals surface area contributed by atoms with Gasteiger partial charge in [-0.1, -0.05) is 22.6 Å². The lowest BCUT2D eigenvalue weighted by Gasteiger charge is -2.26. The van der Waals surface area contributed by atoms with Crippen molar-refractivity contribution in [2.75, 3.05) is 0 Å². The van der Waals surface area contributed by atoms with Crippen LogP contribution in [0.15, 0.2) is 0 Å². The average Bonchev–Trinajstić information content (AvgIpc) is 2.67. The normalized spacial score (nSPS) is 53.6. The van der Waals surface area contributed by atoms with Gasteiger partial charge in [0.25, 0.3) is 0 Å². The van der Waals surface area contributed by atoms with E-state index in [9.17, 15) is 9.59 Å². The predicted molar refractivity (Wildman–Crippen MR) is 56.0 cm³/mol. The molecule has 14 heavy (non-hydrogen) atoms. The third-order valence-electron chi connectivity index (χ3n) is 3.96. The highest BCUT2D eigenvalue weighted by atomic mass is 127. The Morgan fingerprint density at radius 1 is 1.50 bits per heavy atom. The van der Waals surface area contributed by atoms with Gasteiger partial charge in [-0.3, -0.25) is 9.59 Å². The van der Waals surface area contributed by atoms with Crippen LogP contribution >= 0.6 is 22.6 Å². The molecular formula is C9H10INO3. The highest BCUT2D eigenvalue weighted by Crippen LogP contribution is 2.57. The third-order valence-corrected chi connectivity index (χ3v) is 5.66. The molecule has 3 rings (SSSR count). The van der Waals surface area contributed by atoms with Crippen LogP contribution in [0.2, 0.25) is 0 Å². The van der Waals surface area contributed by atoms with Crippen LogP contribution in [-0.2, 0) is 9.59 Å². The van der Waals surface area contributed by atoms with Gasteiger partial charge in [0.05, 0.1) is 11.8 Å². The molecule has 0 spiro atoms. The minimum Gasteiger partial charge on any atom is -0.481 e. The van der Waals surface area contributed by atoms with Crippen molar-refractivity contribution >= 4 is 34.5 Å². The molecule has 5 heteroatoms. The Labute approximate surface area is 94.6 Å². The molecule has 0 aromatic carbocycles. The van der Waals surface area contributed by atoms with Gasteiger partial charge in [-0.25, -0.2) is 0 Å². The van der Waals surface area contributed by atoms with Gasteiger partial charge in [-0.05, 0) is 18.3 Å². The van der Waals surface area contributed by atoms with Crippen LogP contribution in [-0.4, -0.2) is 26.9 Å². The minimum absolute atomic E-state index is 0.0333. The summed E-state index contributed by atoms with van der Waals surface area (Å²) in [5.41, 5.74) is 0. The van der Waals surface area contributed by atoms with E-state index in [1.54, 1.807) is 0 Å². The van der Waals surface area contributed by atoms with Crippen molar-refractivity contribution in [2.24, 2.45) is 23.7 Å². The summed E-state index contributed by atoms with van der Waals surface area (Å²) in [5.74, 6) is -1.01. The number of rotatable bonds is 1. The highest BCUT2D eigenvalue weighted by molar-refractivity contribution is 14.1. The Hall–Kier alpha value is -0.330. The first-order valence-electron chi connectivity index (χ1n) is 4.78. The zero-order chi connectivity index (χ0) is 10.0. The standard InChI is InChI=1S/C9H10INO3/c10-6-2-1-3-4(5(2)9(13)14)8(12)11-7(3)6/h2-7H,1H2,(H,11,12)(H,13,14)/t2-,3-,4?,5+,6?,7?/m1/s1. The van der Waals surface area contributed by atoms with Crippen LogP contribution in [0.25, 0.3) is 0 Å². The molecule has 2 aliphatic carbocycles. The molecule has 6 atom stereocenters. The second kappa shape index (κ2) is 2.62. The number of amides is 1. The lowest BCUT2D eigenvalue weighted by molar-refractivity contribution is -0.147. The average molecular weight is 307 g/mol. The van der Waals surface area contributed by atoms with Crippen LogP contribution < -0.4 is 5.32 Å². The fourth-order valence-electron chi connectivity index (χ4n) is 3.48. The number of hydrogen-bond acceptors (Lipinski definition) is 2. The van der Waals surface area contributed by atoms with E-state index in [4.69, 9.17) is 5.11 Å². The molecule has 2 saturated carbocycles. The van der Waals surface area contributed by atoms with Crippen molar-refractivity contribution in [1.82, 2.24) is 5.32 Å². The second-order valence-electron chi connectivity index (χ2n) is 4.43. The summed E-state index contributed by atoms with van der Waals surface area (Å²) < 4.78 is 0.307. The van der Waals surface area contributed by atoms with Crippen molar-refractivity contribution in [3.8, 4) is 0 Å². The fraction of sp³-hybridized carbons (Fsp3) is 0.778. The van der Waals surface area contributed by atoms with E-state index in [1.807, 2.05) is 0 Å². The summed E-state index contributed by atoms with van der Waals surface area (Å²) in [6.07, 6.45) is 0.915. The number of carbonyl (C=O) groups is 2. The quantitative estimate of drug-likeness (QED) is 0.539. The fourth-order valence-corrected chi connectivity index (χ4v) is 4.94. The number of nitrogens with one attached hydrogen (secondary N) is 1. The number of halogens is 1. The summed E-state index contributed by atoms with van der Waals surface area (Å²) in [7, 11) is 0. The molecule has 4 nitrogen and oxygen atoms in total. The van der Waals surface area contributed by atoms with Crippen molar-refractivity contribution in [3.05, 3.63) is 0 Å². The largest absolute Gasteiger partial charge is 0.481 e. The van der Waals surface area contributed by atoms with Gasteiger partial charge in [-0.2, -0.15) is 0 Å². The van der Waals surface area contributed by atoms with E-state index in [-0.39, 0.29) is 29.7 Å². The smallest absolute Gasteiger partial charge is 0.307 e. The predicted octanol–water partition coefficient (Wildman–Crippen LogP) is 0.255. The Bertz CT molecular complexity index is 332. The van der Waals surface area contributed by atoms with Gasteiger partial charge >= 0.3 is 5.97 Å². The van der Waals surface area contributed by atoms with E-state index < -0.39 is 11.9 Å². The Kier molecular flexibility index (Phi) is 1.67. The zero-order valence-electron chi connectivity index (χ0n) is 7.31. The monoisotopic (exact) mass is 307 g/mol. The second-order valence-corrected chi connectivity index (χ2v) is 5.87. The van der Waals surface area contributed by atoms with Crippen LogP contribution in [0.4, 0.5) is 0 Å². The Morgan fingerprint density at radius 3 is 2.86 bits per heavy atom. The van der Waals surface area contributed by atoms with Crippen molar-refractivity contribution in [3.63, 3.8) is 0 Å². The topological polar surface area (TPSA) is 66.4 Å². The summed E-state index contributed by atoms with van der Waals surface area (Å²) in [5, 5.41) is 12.0. The molecule has 3 aliphatic rings. The molecule has 3 unspecified atom stereocenters. The number of carboxylic acid groups (broad SMARTS) is 1. The molecule has 0 radical (unpaired) electrons. The van der Waals surface area contributed by atoms with Crippen LogP contribution in [0.1, 0.15) is 6.42 Å². The highest BCUT2D eigenvalue weighted by Gasteiger charge is 2.66. The lowest BCUT2D eigenvalue weighted by Crippen LogP contribution is -2.39. The van der Waals surface area contributed by atoms with Crippen molar-refractivity contribution in [2.45, 2.75) is 16.4 Å². The Balaban J connectivity index is 2.04. The summed E-state index contributed by atoms with van der Waals surface area (Å²) >= 11 is 2.29. The number of alkyl halides is 1. The van der Waals surface area contributed by atoms with Gasteiger partial charge < -0.3 is 10.4 Å². The van der Waals surface area contributed by atoms with Gasteiger partial charge in [0, 0.05) is 9.97 Å². The van der Waals surface area contributed by atoms with E-state index >= 15 is 0 Å². The molecular weight excluding hydrogens is 297 g/mol. The third kappa shape index (κ3) is 0.844.